The second kappa shape index (κ2) is 13.9. The minimum atomic E-state index is -0.170. The summed E-state index contributed by atoms with van der Waals surface area (Å²) >= 11 is 0. The number of fused-ring (bicyclic) bond motifs is 11. The van der Waals surface area contributed by atoms with Gasteiger partial charge in [-0.2, -0.15) is 0 Å². The summed E-state index contributed by atoms with van der Waals surface area (Å²) in [6.07, 6.45) is 17.1. The van der Waals surface area contributed by atoms with Crippen molar-refractivity contribution >= 4 is 51.0 Å². The van der Waals surface area contributed by atoms with Crippen molar-refractivity contribution in [3.05, 3.63) is 172 Å². The zero-order valence-corrected chi connectivity index (χ0v) is 43.1. The standard InChI is InChI=1S/C69H67BN2/c1-40-23-54-53-33-58-59(67(4,5)57-14-10-9-13-56(57)66(58,2)3)34-62(53)72(51-18-15-46(16-19-51)45-11-7-6-8-12-45)70-60-32-50(68-22-21-47-28-44(35-68)29-48(47)39-68)31-55-52-30-49(69-36-41-25-42(37-69)27-43(26-41)38-69)17-20-61(52)71(65(55)60)63(24-40)64(54)70/h6-20,23-24,30-34,41-44,47-48H,21-22,25-29,35-39H2,1-5H3. The monoisotopic (exact) mass is 935 g/mol. The molecule has 72 heavy (non-hydrogen) atoms. The maximum absolute atomic E-state index is 2.84. The van der Waals surface area contributed by atoms with Crippen molar-refractivity contribution < 1.29 is 0 Å². The van der Waals surface area contributed by atoms with Gasteiger partial charge >= 0.3 is 6.85 Å². The Balaban J connectivity index is 0.968. The maximum Gasteiger partial charge on any atom is 0.333 e. The molecule has 0 amide bonds. The van der Waals surface area contributed by atoms with E-state index in [0.29, 0.717) is 5.41 Å². The van der Waals surface area contributed by atoms with Gasteiger partial charge in [0.05, 0.1) is 11.0 Å². The van der Waals surface area contributed by atoms with E-state index >= 15 is 0 Å². The van der Waals surface area contributed by atoms with Crippen LogP contribution >= 0.6 is 0 Å². The van der Waals surface area contributed by atoms with Gasteiger partial charge in [-0.1, -0.05) is 113 Å². The van der Waals surface area contributed by atoms with Gasteiger partial charge in [-0.05, 0) is 245 Å². The van der Waals surface area contributed by atoms with E-state index in [1.165, 1.54) is 177 Å². The lowest BCUT2D eigenvalue weighted by Crippen LogP contribution is -2.61. The highest BCUT2D eigenvalue weighted by Gasteiger charge is 2.55. The lowest BCUT2D eigenvalue weighted by molar-refractivity contribution is -0.00512. The van der Waals surface area contributed by atoms with Crippen LogP contribution in [0.4, 0.5) is 11.4 Å². The Labute approximate surface area is 427 Å². The minimum Gasteiger partial charge on any atom is -0.376 e. The molecule has 7 fully saturated rings. The average Bonchev–Trinajstić information content (AvgIpc) is 3.83. The molecule has 4 atom stereocenters. The van der Waals surface area contributed by atoms with Crippen molar-refractivity contribution in [1.82, 2.24) is 4.57 Å². The summed E-state index contributed by atoms with van der Waals surface area (Å²) in [6, 6.07) is 54.2. The van der Waals surface area contributed by atoms with E-state index in [1.54, 1.807) is 11.1 Å². The molecule has 4 unspecified atom stereocenters. The van der Waals surface area contributed by atoms with Gasteiger partial charge in [0.2, 0.25) is 0 Å². The van der Waals surface area contributed by atoms with E-state index in [9.17, 15) is 0 Å². The van der Waals surface area contributed by atoms with Crippen LogP contribution in [0.15, 0.2) is 133 Å². The normalized spacial score (nSPS) is 29.9. The van der Waals surface area contributed by atoms with Crippen molar-refractivity contribution in [1.29, 1.82) is 0 Å². The van der Waals surface area contributed by atoms with Crippen LogP contribution in [0.25, 0.3) is 49.7 Å². The Morgan fingerprint density at radius 3 is 1.88 bits per heavy atom. The van der Waals surface area contributed by atoms with Gasteiger partial charge in [-0.25, -0.2) is 0 Å². The second-order valence-electron chi connectivity index (χ2n) is 27.0. The molecule has 3 heteroatoms. The molecule has 2 aliphatic heterocycles. The highest BCUT2D eigenvalue weighted by Crippen LogP contribution is 2.64. The van der Waals surface area contributed by atoms with Gasteiger partial charge in [0, 0.05) is 44.2 Å². The molecule has 7 saturated carbocycles. The van der Waals surface area contributed by atoms with Crippen LogP contribution in [0.2, 0.25) is 0 Å². The topological polar surface area (TPSA) is 8.17 Å². The van der Waals surface area contributed by atoms with E-state index in [1.807, 2.05) is 0 Å². The fourth-order valence-electron chi connectivity index (χ4n) is 19.7. The van der Waals surface area contributed by atoms with Gasteiger partial charge in [0.15, 0.2) is 0 Å². The molecule has 356 valence electrons. The first kappa shape index (κ1) is 41.7. The fourth-order valence-corrected chi connectivity index (χ4v) is 19.7. The van der Waals surface area contributed by atoms with Crippen LogP contribution in [0.1, 0.15) is 144 Å². The van der Waals surface area contributed by atoms with Gasteiger partial charge in [-0.15, -0.1) is 0 Å². The molecule has 7 bridgehead atoms. The average molecular weight is 935 g/mol. The molecule has 0 N–H and O–H groups in total. The van der Waals surface area contributed by atoms with Crippen molar-refractivity contribution in [2.45, 2.75) is 133 Å². The molecule has 1 aromatic heterocycles. The molecule has 10 aliphatic rings. The van der Waals surface area contributed by atoms with Crippen LogP contribution < -0.4 is 15.7 Å². The molecule has 8 aliphatic carbocycles. The molecule has 8 aromatic rings. The Bertz CT molecular complexity index is 3640. The summed E-state index contributed by atoms with van der Waals surface area (Å²) in [4.78, 5) is 2.84. The predicted molar refractivity (Wildman–Crippen MR) is 300 cm³/mol. The summed E-state index contributed by atoms with van der Waals surface area (Å²) in [7, 11) is 0. The molecular weight excluding hydrogens is 868 g/mol. The number of rotatable bonds is 4. The summed E-state index contributed by atoms with van der Waals surface area (Å²) in [5.74, 6) is 5.49. The summed E-state index contributed by atoms with van der Waals surface area (Å²) < 4.78 is 2.79. The van der Waals surface area contributed by atoms with Crippen LogP contribution in [0.3, 0.4) is 0 Å². The maximum atomic E-state index is 2.84. The number of hydrogen-bond acceptors (Lipinski definition) is 1. The van der Waals surface area contributed by atoms with E-state index in [0.717, 1.165) is 35.5 Å². The Morgan fingerprint density at radius 1 is 0.500 bits per heavy atom. The Kier molecular flexibility index (Phi) is 8.02. The largest absolute Gasteiger partial charge is 0.376 e. The number of anilines is 2. The van der Waals surface area contributed by atoms with Gasteiger partial charge in [0.1, 0.15) is 0 Å². The molecule has 0 spiro atoms. The lowest BCUT2D eigenvalue weighted by Gasteiger charge is -2.57. The first-order valence-electron chi connectivity index (χ1n) is 28.5. The molecule has 18 rings (SSSR count). The zero-order chi connectivity index (χ0) is 47.8. The van der Waals surface area contributed by atoms with Gasteiger partial charge in [0.25, 0.3) is 0 Å². The number of hydrogen-bond donors (Lipinski definition) is 0. The summed E-state index contributed by atoms with van der Waals surface area (Å²) in [6.45, 7) is 12.3. The van der Waals surface area contributed by atoms with Crippen LogP contribution in [-0.4, -0.2) is 11.4 Å². The number of benzene rings is 7. The van der Waals surface area contributed by atoms with Gasteiger partial charge in [-0.3, -0.25) is 0 Å². The molecular formula is C69H67BN2. The van der Waals surface area contributed by atoms with E-state index in [2.05, 4.69) is 177 Å². The van der Waals surface area contributed by atoms with E-state index in [4.69, 9.17) is 0 Å². The second-order valence-corrected chi connectivity index (χ2v) is 27.0. The van der Waals surface area contributed by atoms with E-state index < -0.39 is 0 Å². The number of nitrogens with zero attached hydrogens (tertiary/aromatic N) is 2. The number of aromatic nitrogens is 1. The fraction of sp³-hybridized carbons (Fsp3) is 0.391. The van der Waals surface area contributed by atoms with Crippen molar-refractivity contribution in [2.75, 3.05) is 4.81 Å². The van der Waals surface area contributed by atoms with Crippen molar-refractivity contribution in [3.8, 4) is 27.9 Å². The molecule has 0 saturated heterocycles. The van der Waals surface area contributed by atoms with Gasteiger partial charge < -0.3 is 9.38 Å². The Hall–Kier alpha value is -5.80. The van der Waals surface area contributed by atoms with E-state index in [-0.39, 0.29) is 23.1 Å². The summed E-state index contributed by atoms with van der Waals surface area (Å²) in [5, 5.41) is 3.02. The highest BCUT2D eigenvalue weighted by atomic mass is 15.1. The van der Waals surface area contributed by atoms with Crippen molar-refractivity contribution in [3.63, 3.8) is 0 Å². The molecule has 2 nitrogen and oxygen atoms in total. The Morgan fingerprint density at radius 2 is 1.14 bits per heavy atom. The minimum absolute atomic E-state index is 0.00524. The molecule has 7 aromatic carbocycles. The van der Waals surface area contributed by atoms with Crippen LogP contribution in [0, 0.1) is 42.4 Å². The molecule has 0 radical (unpaired) electrons. The molecule has 3 heterocycles. The first-order valence-corrected chi connectivity index (χ1v) is 28.5. The third-order valence-corrected chi connectivity index (χ3v) is 22.3. The van der Waals surface area contributed by atoms with Crippen LogP contribution in [-0.2, 0) is 21.7 Å². The highest BCUT2D eigenvalue weighted by molar-refractivity contribution is 6.93. The third-order valence-electron chi connectivity index (χ3n) is 22.3. The SMILES string of the molecule is Cc1cc2c3c(c1)-n1c4ccc(C56CC7CC(CC(C7)C5)C6)cc4c4cc(C56CCC7CC(CC7C5)C6)cc(c41)B3N(c1ccc(-c3ccccc3)cc1)c1cc3c(cc1-2)C(C)(C)c1ccccc1C3(C)C. The van der Waals surface area contributed by atoms with Crippen molar-refractivity contribution in [2.24, 2.45) is 35.5 Å². The predicted octanol–water partition coefficient (Wildman–Crippen LogP) is 15.9. The lowest BCUT2D eigenvalue weighted by atomic mass is 9.43. The van der Waals surface area contributed by atoms with Crippen LogP contribution in [0.5, 0.6) is 0 Å². The quantitative estimate of drug-likeness (QED) is 0.160. The third kappa shape index (κ3) is 5.34. The first-order chi connectivity index (χ1) is 34.9. The summed E-state index contributed by atoms with van der Waals surface area (Å²) in [5.41, 5.74) is 25.9. The smallest absolute Gasteiger partial charge is 0.333 e. The zero-order valence-electron chi connectivity index (χ0n) is 43.1. The number of aryl methyl sites for hydroxylation is 1.